The average molecular weight is 541 g/mol. The van der Waals surface area contributed by atoms with Gasteiger partial charge in [0.1, 0.15) is 20.4 Å². The highest BCUT2D eigenvalue weighted by Gasteiger charge is 2.62. The monoisotopic (exact) mass is 540 g/mol. The third-order valence-electron chi connectivity index (χ3n) is 9.22. The van der Waals surface area contributed by atoms with Crippen LogP contribution in [0.4, 0.5) is 0 Å². The number of rotatable bonds is 5. The molecule has 0 unspecified atom stereocenters. The van der Waals surface area contributed by atoms with E-state index in [1.165, 1.54) is 0 Å². The van der Waals surface area contributed by atoms with Crippen LogP contribution in [0.1, 0.15) is 54.7 Å². The molecule has 1 aromatic heterocycles. The van der Waals surface area contributed by atoms with Crippen LogP contribution in [0.2, 0.25) is 55.4 Å². The van der Waals surface area contributed by atoms with Crippen molar-refractivity contribution in [3.63, 3.8) is 0 Å². The van der Waals surface area contributed by atoms with Crippen molar-refractivity contribution >= 4 is 30.0 Å². The van der Waals surface area contributed by atoms with Crippen LogP contribution in [0, 0.1) is 5.41 Å². The Hall–Kier alpha value is -0.789. The molecule has 3 heterocycles. The van der Waals surface area contributed by atoms with Crippen molar-refractivity contribution in [1.29, 1.82) is 0 Å². The fourth-order valence-corrected chi connectivity index (χ4v) is 11.4. The first kappa shape index (κ1) is 28.8. The summed E-state index contributed by atoms with van der Waals surface area (Å²) in [4.78, 5) is 27.9. The van der Waals surface area contributed by atoms with Crippen LogP contribution >= 0.6 is 0 Å². The zero-order chi connectivity index (χ0) is 27.0. The van der Waals surface area contributed by atoms with E-state index in [9.17, 15) is 9.59 Å². The van der Waals surface area contributed by atoms with Gasteiger partial charge in [-0.25, -0.2) is 4.79 Å². The third-order valence-corrected chi connectivity index (χ3v) is 21.6. The van der Waals surface area contributed by atoms with Crippen LogP contribution in [0.25, 0.3) is 0 Å². The van der Waals surface area contributed by atoms with Crippen molar-refractivity contribution in [2.24, 2.45) is 5.41 Å². The topological polar surface area (TPSA) is 82.5 Å². The van der Waals surface area contributed by atoms with Crippen LogP contribution in [-0.4, -0.2) is 53.1 Å². The Morgan fingerprint density at radius 3 is 2.14 bits per heavy atom. The van der Waals surface area contributed by atoms with Gasteiger partial charge in [0.05, 0.1) is 12.7 Å². The Bertz CT molecular complexity index is 1080. The second kappa shape index (κ2) is 8.62. The number of ether oxygens (including phenoxy) is 1. The van der Waals surface area contributed by atoms with Crippen molar-refractivity contribution in [2.75, 3.05) is 6.61 Å². The maximum absolute atomic E-state index is 13.2. The number of H-pyrrole nitrogens is 1. The lowest BCUT2D eigenvalue weighted by Crippen LogP contribution is -2.64. The molecule has 3 rings (SSSR count). The summed E-state index contributed by atoms with van der Waals surface area (Å²) in [6, 6.07) is 2.49. The molecular formula is C25H48N2O5Si3. The van der Waals surface area contributed by atoms with E-state index in [-0.39, 0.29) is 33.5 Å². The summed E-state index contributed by atoms with van der Waals surface area (Å²) in [7, 11) is -6.33. The van der Waals surface area contributed by atoms with Gasteiger partial charge in [-0.05, 0) is 42.3 Å². The van der Waals surface area contributed by atoms with Gasteiger partial charge in [-0.1, -0.05) is 61.6 Å². The van der Waals surface area contributed by atoms with E-state index in [1.54, 1.807) is 10.6 Å². The number of hydrogen-bond donors (Lipinski definition) is 1. The Balaban J connectivity index is 2.12. The molecule has 1 aromatic rings. The largest absolute Gasteiger partial charge is 0.414 e. The zero-order valence-corrected chi connectivity index (χ0v) is 27.2. The number of nitrogens with one attached hydrogen (secondary N) is 1. The Morgan fingerprint density at radius 1 is 1.09 bits per heavy atom. The second-order valence-corrected chi connectivity index (χ2v) is 28.9. The van der Waals surface area contributed by atoms with Crippen LogP contribution in [0.3, 0.4) is 0 Å². The average Bonchev–Trinajstić information content (AvgIpc) is 2.88. The highest BCUT2D eigenvalue weighted by Crippen LogP contribution is 2.55. The summed E-state index contributed by atoms with van der Waals surface area (Å²) >= 11 is 0. The van der Waals surface area contributed by atoms with Gasteiger partial charge in [0.15, 0.2) is 16.6 Å². The minimum absolute atomic E-state index is 0.0356. The number of fused-ring (bicyclic) bond motifs is 3. The Kier molecular flexibility index (Phi) is 7.09. The van der Waals surface area contributed by atoms with Gasteiger partial charge in [0.25, 0.3) is 5.56 Å². The molecule has 7 nitrogen and oxygen atoms in total. The first-order valence-electron chi connectivity index (χ1n) is 12.9. The molecule has 0 amide bonds. The maximum Gasteiger partial charge on any atom is 0.330 e. The predicted molar refractivity (Wildman–Crippen MR) is 150 cm³/mol. The highest BCUT2D eigenvalue weighted by molar-refractivity contribution is 6.89. The molecule has 0 radical (unpaired) electrons. The van der Waals surface area contributed by atoms with Gasteiger partial charge < -0.3 is 13.6 Å². The molecule has 0 saturated carbocycles. The smallest absolute Gasteiger partial charge is 0.330 e. The predicted octanol–water partition coefficient (Wildman–Crippen LogP) is 4.78. The van der Waals surface area contributed by atoms with E-state index in [2.05, 4.69) is 92.7 Å². The van der Waals surface area contributed by atoms with Gasteiger partial charge in [0.2, 0.25) is 0 Å². The molecule has 0 aliphatic carbocycles. The first-order valence-corrected chi connectivity index (χ1v) is 21.9. The van der Waals surface area contributed by atoms with Crippen molar-refractivity contribution in [2.45, 2.75) is 122 Å². The van der Waals surface area contributed by atoms with Crippen LogP contribution in [0.5, 0.6) is 0 Å². The summed E-state index contributed by atoms with van der Waals surface area (Å²) < 4.78 is 22.3. The molecule has 10 heteroatoms. The van der Waals surface area contributed by atoms with Crippen molar-refractivity contribution in [3.05, 3.63) is 26.9 Å². The van der Waals surface area contributed by atoms with Gasteiger partial charge in [-0.2, -0.15) is 0 Å². The lowest BCUT2D eigenvalue weighted by atomic mass is 9.84. The highest BCUT2D eigenvalue weighted by atomic mass is 28.4. The molecular weight excluding hydrogens is 493 g/mol. The standard InChI is InChI=1S/C25H48N2O5Si3/c1-23(2,3)34(10,11)30-15-17-20(32-35(12,13)24(4,5)6)25(7)16-33(8,9)19-14-18(28)26-22(29)27(19)21(25)31-17/h14,17,20-21H,15-16H2,1-13H3,(H,26,28,29)/t17-,20-,21+,25-/m1/s1. The second-order valence-electron chi connectivity index (χ2n) is 14.7. The quantitative estimate of drug-likeness (QED) is 0.544. The van der Waals surface area contributed by atoms with Gasteiger partial charge >= 0.3 is 5.69 Å². The van der Waals surface area contributed by atoms with Gasteiger partial charge in [0, 0.05) is 16.8 Å². The zero-order valence-electron chi connectivity index (χ0n) is 24.2. The van der Waals surface area contributed by atoms with E-state index >= 15 is 0 Å². The minimum atomic E-state index is -2.16. The van der Waals surface area contributed by atoms with Gasteiger partial charge in [-0.3, -0.25) is 14.3 Å². The van der Waals surface area contributed by atoms with Crippen molar-refractivity contribution in [3.8, 4) is 0 Å². The van der Waals surface area contributed by atoms with E-state index < -0.39 is 36.4 Å². The molecule has 0 bridgehead atoms. The van der Waals surface area contributed by atoms with E-state index in [0.29, 0.717) is 6.61 Å². The molecule has 1 N–H and O–H groups in total. The number of aromatic nitrogens is 2. The van der Waals surface area contributed by atoms with Gasteiger partial charge in [-0.15, -0.1) is 0 Å². The van der Waals surface area contributed by atoms with Crippen LogP contribution in [-0.2, 0) is 13.6 Å². The summed E-state index contributed by atoms with van der Waals surface area (Å²) in [6.45, 7) is 29.6. The first-order chi connectivity index (χ1) is 15.5. The Morgan fingerprint density at radius 2 is 1.63 bits per heavy atom. The lowest BCUT2D eigenvalue weighted by Gasteiger charge is -2.49. The number of aromatic amines is 1. The molecule has 2 aliphatic rings. The number of hydrogen-bond acceptors (Lipinski definition) is 5. The molecule has 2 aliphatic heterocycles. The molecule has 4 atom stereocenters. The molecule has 0 aromatic carbocycles. The maximum atomic E-state index is 13.2. The summed E-state index contributed by atoms with van der Waals surface area (Å²) in [5.74, 6) is 0. The third kappa shape index (κ3) is 5.03. The van der Waals surface area contributed by atoms with E-state index in [1.807, 2.05) is 0 Å². The number of nitrogens with zero attached hydrogens (tertiary/aromatic N) is 1. The lowest BCUT2D eigenvalue weighted by molar-refractivity contribution is -0.0505. The van der Waals surface area contributed by atoms with E-state index in [0.717, 1.165) is 11.4 Å². The summed E-state index contributed by atoms with van der Waals surface area (Å²) in [5.41, 5.74) is -1.13. The molecule has 1 saturated heterocycles. The normalized spacial score (nSPS) is 29.1. The minimum Gasteiger partial charge on any atom is -0.414 e. The SMILES string of the molecule is CC(C)(C)[Si](C)(C)OC[C@H]1O[C@@H]2n3c(cc(=O)[nH]c3=O)[Si](C)(C)C[C@]2(C)[C@@H]1O[Si](C)(C)C(C)(C)C. The fourth-order valence-electron chi connectivity index (χ4n) is 5.14. The van der Waals surface area contributed by atoms with Crippen molar-refractivity contribution < 1.29 is 13.6 Å². The fraction of sp³-hybridized carbons (Fsp3) is 0.840. The van der Waals surface area contributed by atoms with Crippen LogP contribution in [0.15, 0.2) is 15.7 Å². The molecule has 35 heavy (non-hydrogen) atoms. The molecule has 1 fully saturated rings. The summed E-state index contributed by atoms with van der Waals surface area (Å²) in [6.07, 6.45) is -0.982. The summed E-state index contributed by atoms with van der Waals surface area (Å²) in [5, 5.41) is 0.968. The molecule has 200 valence electrons. The van der Waals surface area contributed by atoms with E-state index in [4.69, 9.17) is 13.6 Å². The Labute approximate surface area is 214 Å². The molecule has 0 spiro atoms. The van der Waals surface area contributed by atoms with Crippen LogP contribution < -0.4 is 16.6 Å². The van der Waals surface area contributed by atoms with Crippen molar-refractivity contribution in [1.82, 2.24) is 9.55 Å².